The van der Waals surface area contributed by atoms with E-state index in [0.29, 0.717) is 24.2 Å². The predicted molar refractivity (Wildman–Crippen MR) is 73.5 cm³/mol. The Morgan fingerprint density at radius 1 is 1.45 bits per heavy atom. The molecule has 1 heterocycles. The summed E-state index contributed by atoms with van der Waals surface area (Å²) in [4.78, 5) is 24.0. The van der Waals surface area contributed by atoms with Crippen LogP contribution in [0.2, 0.25) is 0 Å². The lowest BCUT2D eigenvalue weighted by molar-refractivity contribution is -0.385. The SMILES string of the molecule is Cc1cc(C(=O)N2CC(O)(C(C)C)C2)ccc1[N+](=O)[O-]. The Morgan fingerprint density at radius 2 is 2.05 bits per heavy atom. The zero-order valence-electron chi connectivity index (χ0n) is 11.8. The van der Waals surface area contributed by atoms with Crippen LogP contribution >= 0.6 is 0 Å². The number of likely N-dealkylation sites (tertiary alicyclic amines) is 1. The van der Waals surface area contributed by atoms with Gasteiger partial charge in [0.05, 0.1) is 18.0 Å². The maximum Gasteiger partial charge on any atom is 0.272 e. The summed E-state index contributed by atoms with van der Waals surface area (Å²) in [5.74, 6) is -0.113. The molecule has 20 heavy (non-hydrogen) atoms. The van der Waals surface area contributed by atoms with E-state index in [4.69, 9.17) is 0 Å². The molecular formula is C14H18N2O4. The number of benzene rings is 1. The van der Waals surface area contributed by atoms with E-state index in [-0.39, 0.29) is 17.5 Å². The molecule has 1 aliphatic heterocycles. The van der Waals surface area contributed by atoms with Crippen molar-refractivity contribution in [1.29, 1.82) is 0 Å². The molecular weight excluding hydrogens is 260 g/mol. The van der Waals surface area contributed by atoms with E-state index in [1.165, 1.54) is 18.2 Å². The van der Waals surface area contributed by atoms with Gasteiger partial charge in [-0.2, -0.15) is 0 Å². The summed E-state index contributed by atoms with van der Waals surface area (Å²) < 4.78 is 0. The highest BCUT2D eigenvalue weighted by Gasteiger charge is 2.45. The van der Waals surface area contributed by atoms with Crippen molar-refractivity contribution in [2.45, 2.75) is 26.4 Å². The Morgan fingerprint density at radius 3 is 2.50 bits per heavy atom. The molecule has 1 fully saturated rings. The molecule has 1 aromatic rings. The van der Waals surface area contributed by atoms with Gasteiger partial charge in [0.15, 0.2) is 0 Å². The number of aryl methyl sites for hydroxylation is 1. The summed E-state index contributed by atoms with van der Waals surface area (Å²) >= 11 is 0. The molecule has 0 unspecified atom stereocenters. The molecule has 108 valence electrons. The molecule has 2 rings (SSSR count). The number of carbonyl (C=O) groups is 1. The zero-order valence-corrected chi connectivity index (χ0v) is 11.8. The van der Waals surface area contributed by atoms with Gasteiger partial charge in [-0.05, 0) is 25.0 Å². The number of hydrogen-bond acceptors (Lipinski definition) is 4. The van der Waals surface area contributed by atoms with Gasteiger partial charge in [0.25, 0.3) is 11.6 Å². The highest BCUT2D eigenvalue weighted by atomic mass is 16.6. The third-order valence-corrected chi connectivity index (χ3v) is 3.93. The fourth-order valence-electron chi connectivity index (χ4n) is 2.30. The van der Waals surface area contributed by atoms with Crippen molar-refractivity contribution >= 4 is 11.6 Å². The second-order valence-corrected chi connectivity index (χ2v) is 5.68. The Hall–Kier alpha value is -1.95. The van der Waals surface area contributed by atoms with Gasteiger partial charge < -0.3 is 10.0 Å². The number of carbonyl (C=O) groups excluding carboxylic acids is 1. The van der Waals surface area contributed by atoms with Crippen LogP contribution in [-0.4, -0.2) is 39.5 Å². The fourth-order valence-corrected chi connectivity index (χ4v) is 2.30. The van der Waals surface area contributed by atoms with Crippen molar-refractivity contribution in [3.05, 3.63) is 39.4 Å². The van der Waals surface area contributed by atoms with Crippen molar-refractivity contribution in [2.75, 3.05) is 13.1 Å². The first-order chi connectivity index (χ1) is 9.24. The minimum Gasteiger partial charge on any atom is -0.386 e. The van der Waals surface area contributed by atoms with Gasteiger partial charge >= 0.3 is 0 Å². The first kappa shape index (κ1) is 14.5. The van der Waals surface area contributed by atoms with Gasteiger partial charge in [0.2, 0.25) is 0 Å². The largest absolute Gasteiger partial charge is 0.386 e. The van der Waals surface area contributed by atoms with E-state index < -0.39 is 10.5 Å². The molecule has 0 aliphatic carbocycles. The number of rotatable bonds is 3. The molecule has 6 nitrogen and oxygen atoms in total. The van der Waals surface area contributed by atoms with Crippen LogP contribution < -0.4 is 0 Å². The molecule has 6 heteroatoms. The van der Waals surface area contributed by atoms with Crippen LogP contribution in [0.5, 0.6) is 0 Å². The normalized spacial score (nSPS) is 16.9. The van der Waals surface area contributed by atoms with Crippen LogP contribution in [0.3, 0.4) is 0 Å². The summed E-state index contributed by atoms with van der Waals surface area (Å²) in [6, 6.07) is 4.32. The van der Waals surface area contributed by atoms with Crippen LogP contribution in [0.1, 0.15) is 29.8 Å². The van der Waals surface area contributed by atoms with E-state index in [1.807, 2.05) is 13.8 Å². The average Bonchev–Trinajstić information content (AvgIpc) is 2.33. The van der Waals surface area contributed by atoms with Crippen molar-refractivity contribution < 1.29 is 14.8 Å². The van der Waals surface area contributed by atoms with Crippen molar-refractivity contribution in [3.63, 3.8) is 0 Å². The lowest BCUT2D eigenvalue weighted by atomic mass is 9.82. The highest BCUT2D eigenvalue weighted by Crippen LogP contribution is 2.30. The maximum atomic E-state index is 12.2. The molecule has 0 atom stereocenters. The predicted octanol–water partition coefficient (Wildman–Crippen LogP) is 1.75. The van der Waals surface area contributed by atoms with E-state index in [0.717, 1.165) is 0 Å². The standard InChI is InChI=1S/C14H18N2O4/c1-9(2)14(18)7-15(8-14)13(17)11-4-5-12(16(19)20)10(3)6-11/h4-6,9,18H,7-8H2,1-3H3. The van der Waals surface area contributed by atoms with E-state index >= 15 is 0 Å². The molecule has 0 radical (unpaired) electrons. The first-order valence-electron chi connectivity index (χ1n) is 6.51. The van der Waals surface area contributed by atoms with E-state index in [1.54, 1.807) is 11.8 Å². The Labute approximate surface area is 117 Å². The Balaban J connectivity index is 2.12. The molecule has 1 aliphatic rings. The lowest BCUT2D eigenvalue weighted by Gasteiger charge is -2.49. The van der Waals surface area contributed by atoms with E-state index in [2.05, 4.69) is 0 Å². The number of amides is 1. The topological polar surface area (TPSA) is 83.7 Å². The van der Waals surface area contributed by atoms with Gasteiger partial charge in [-0.15, -0.1) is 0 Å². The maximum absolute atomic E-state index is 12.2. The number of nitro groups is 1. The minimum absolute atomic E-state index is 0.00356. The summed E-state index contributed by atoms with van der Waals surface area (Å²) in [6.45, 7) is 6.05. The molecule has 0 saturated carbocycles. The first-order valence-corrected chi connectivity index (χ1v) is 6.51. The van der Waals surface area contributed by atoms with Crippen molar-refractivity contribution in [3.8, 4) is 0 Å². The van der Waals surface area contributed by atoms with Gasteiger partial charge in [0.1, 0.15) is 5.60 Å². The second-order valence-electron chi connectivity index (χ2n) is 5.68. The van der Waals surface area contributed by atoms with Crippen molar-refractivity contribution in [2.24, 2.45) is 5.92 Å². The van der Waals surface area contributed by atoms with Gasteiger partial charge in [-0.3, -0.25) is 14.9 Å². The minimum atomic E-state index is -0.814. The smallest absolute Gasteiger partial charge is 0.272 e. The van der Waals surface area contributed by atoms with Crippen LogP contribution in [-0.2, 0) is 0 Å². The zero-order chi connectivity index (χ0) is 15.1. The number of hydrogen-bond donors (Lipinski definition) is 1. The molecule has 0 aromatic heterocycles. The third-order valence-electron chi connectivity index (χ3n) is 3.93. The molecule has 0 bridgehead atoms. The van der Waals surface area contributed by atoms with Gasteiger partial charge in [-0.1, -0.05) is 13.8 Å². The van der Waals surface area contributed by atoms with Gasteiger partial charge in [0, 0.05) is 17.2 Å². The summed E-state index contributed by atoms with van der Waals surface area (Å²) in [5, 5.41) is 20.9. The Kier molecular flexibility index (Phi) is 3.52. The fraction of sp³-hybridized carbons (Fsp3) is 0.500. The van der Waals surface area contributed by atoms with Gasteiger partial charge in [-0.25, -0.2) is 0 Å². The summed E-state index contributed by atoms with van der Waals surface area (Å²) in [5.41, 5.74) is 0.0640. The molecule has 1 amide bonds. The van der Waals surface area contributed by atoms with E-state index in [9.17, 15) is 20.0 Å². The monoisotopic (exact) mass is 278 g/mol. The Bertz CT molecular complexity index is 562. The highest BCUT2D eigenvalue weighted by molar-refractivity contribution is 5.95. The number of nitro benzene ring substituents is 1. The average molecular weight is 278 g/mol. The third kappa shape index (κ3) is 2.38. The molecule has 0 spiro atoms. The molecule has 1 N–H and O–H groups in total. The summed E-state index contributed by atoms with van der Waals surface area (Å²) in [6.07, 6.45) is 0. The van der Waals surface area contributed by atoms with Crippen LogP contribution in [0, 0.1) is 23.0 Å². The molecule has 1 aromatic carbocycles. The second kappa shape index (κ2) is 4.86. The van der Waals surface area contributed by atoms with Crippen LogP contribution in [0.15, 0.2) is 18.2 Å². The summed E-state index contributed by atoms with van der Waals surface area (Å²) in [7, 11) is 0. The van der Waals surface area contributed by atoms with Crippen LogP contribution in [0.25, 0.3) is 0 Å². The number of aliphatic hydroxyl groups is 1. The molecule has 1 saturated heterocycles. The van der Waals surface area contributed by atoms with Crippen LogP contribution in [0.4, 0.5) is 5.69 Å². The lowest BCUT2D eigenvalue weighted by Crippen LogP contribution is -2.65. The van der Waals surface area contributed by atoms with Crippen molar-refractivity contribution in [1.82, 2.24) is 4.90 Å². The quantitative estimate of drug-likeness (QED) is 0.674. The number of β-amino-alcohol motifs (C(OH)–C–C–N with tert-alkyl or cyclic N) is 1. The number of nitrogens with zero attached hydrogens (tertiary/aromatic N) is 2.